The van der Waals surface area contributed by atoms with Gasteiger partial charge in [-0.3, -0.25) is 0 Å². The van der Waals surface area contributed by atoms with Gasteiger partial charge in [0.1, 0.15) is 0 Å². The van der Waals surface area contributed by atoms with Gasteiger partial charge in [-0.05, 0) is 46.9 Å². The van der Waals surface area contributed by atoms with Gasteiger partial charge in [-0.1, -0.05) is 17.9 Å². The van der Waals surface area contributed by atoms with Crippen LogP contribution in [0.3, 0.4) is 0 Å². The van der Waals surface area contributed by atoms with Crippen molar-refractivity contribution in [2.45, 2.75) is 45.9 Å². The molecule has 0 amide bonds. The minimum Gasteiger partial charge on any atom is -0.375 e. The van der Waals surface area contributed by atoms with Crippen LogP contribution in [0.2, 0.25) is 0 Å². The van der Waals surface area contributed by atoms with Crippen molar-refractivity contribution < 1.29 is 4.74 Å². The van der Waals surface area contributed by atoms with Crippen molar-refractivity contribution in [1.82, 2.24) is 5.32 Å². The molecule has 3 heteroatoms. The van der Waals surface area contributed by atoms with Gasteiger partial charge in [-0.2, -0.15) is 0 Å². The quantitative estimate of drug-likeness (QED) is 0.846. The maximum Gasteiger partial charge on any atom is 0.0750 e. The molecule has 0 atom stereocenters. The molecule has 1 aliphatic rings. The van der Waals surface area contributed by atoms with Crippen LogP contribution in [0.15, 0.2) is 18.2 Å². The lowest BCUT2D eigenvalue weighted by Gasteiger charge is -2.28. The molecule has 0 unspecified atom stereocenters. The first-order valence-corrected chi connectivity index (χ1v) is 7.63. The van der Waals surface area contributed by atoms with Crippen LogP contribution >= 0.6 is 0 Å². The zero-order valence-electron chi connectivity index (χ0n) is 13.8. The molecule has 1 aromatic carbocycles. The molecule has 114 valence electrons. The first-order chi connectivity index (χ1) is 9.94. The summed E-state index contributed by atoms with van der Waals surface area (Å²) in [6.07, 6.45) is 0. The number of nitrogens with one attached hydrogen (secondary N) is 1. The summed E-state index contributed by atoms with van der Waals surface area (Å²) in [5.41, 5.74) is 3.36. The number of anilines is 1. The fourth-order valence-corrected chi connectivity index (χ4v) is 2.39. The SMILES string of the molecule is CNC(C)(C)C#Cc1cccc2c1COCCN2C(C)C. The van der Waals surface area contributed by atoms with Gasteiger partial charge in [-0.15, -0.1) is 0 Å². The molecule has 3 nitrogen and oxygen atoms in total. The molecule has 21 heavy (non-hydrogen) atoms. The summed E-state index contributed by atoms with van der Waals surface area (Å²) in [7, 11) is 1.93. The van der Waals surface area contributed by atoms with E-state index in [0.29, 0.717) is 12.6 Å². The topological polar surface area (TPSA) is 24.5 Å². The standard InChI is InChI=1S/C18H26N2O/c1-14(2)20-11-12-21-13-16-15(7-6-8-17(16)20)9-10-18(3,4)19-5/h6-8,14,19H,11-13H2,1-5H3. The smallest absolute Gasteiger partial charge is 0.0750 e. The molecule has 0 spiro atoms. The van der Waals surface area contributed by atoms with Crippen molar-refractivity contribution in [1.29, 1.82) is 0 Å². The third-order valence-corrected chi connectivity index (χ3v) is 3.94. The summed E-state index contributed by atoms with van der Waals surface area (Å²) >= 11 is 0. The average molecular weight is 286 g/mol. The highest BCUT2D eigenvalue weighted by Gasteiger charge is 2.19. The molecule has 1 aliphatic heterocycles. The molecule has 0 fully saturated rings. The average Bonchev–Trinajstić information content (AvgIpc) is 2.67. The van der Waals surface area contributed by atoms with Crippen molar-refractivity contribution in [2.24, 2.45) is 0 Å². The second-order valence-corrected chi connectivity index (χ2v) is 6.27. The van der Waals surface area contributed by atoms with Crippen LogP contribution in [-0.4, -0.2) is 31.8 Å². The summed E-state index contributed by atoms with van der Waals surface area (Å²) in [5.74, 6) is 6.64. The lowest BCUT2D eigenvalue weighted by molar-refractivity contribution is 0.131. The molecule has 0 aliphatic carbocycles. The zero-order valence-corrected chi connectivity index (χ0v) is 13.8. The number of hydrogen-bond acceptors (Lipinski definition) is 3. The lowest BCUT2D eigenvalue weighted by atomic mass is 10.0. The molecule has 0 bridgehead atoms. The molecular formula is C18H26N2O. The van der Waals surface area contributed by atoms with E-state index in [2.05, 4.69) is 68.0 Å². The van der Waals surface area contributed by atoms with E-state index in [-0.39, 0.29) is 5.54 Å². The Hall–Kier alpha value is -1.50. The largest absolute Gasteiger partial charge is 0.375 e. The van der Waals surface area contributed by atoms with Gasteiger partial charge >= 0.3 is 0 Å². The van der Waals surface area contributed by atoms with Crippen molar-refractivity contribution >= 4 is 5.69 Å². The van der Waals surface area contributed by atoms with Crippen LogP contribution in [0.25, 0.3) is 0 Å². The summed E-state index contributed by atoms with van der Waals surface area (Å²) < 4.78 is 5.78. The Morgan fingerprint density at radius 2 is 2.10 bits per heavy atom. The highest BCUT2D eigenvalue weighted by Crippen LogP contribution is 2.28. The Kier molecular flexibility index (Phi) is 4.92. The third kappa shape index (κ3) is 3.78. The Balaban J connectivity index is 2.44. The summed E-state index contributed by atoms with van der Waals surface area (Å²) in [6.45, 7) is 10.9. The number of ether oxygens (including phenoxy) is 1. The lowest BCUT2D eigenvalue weighted by Crippen LogP contribution is -2.34. The van der Waals surface area contributed by atoms with E-state index in [1.807, 2.05) is 7.05 Å². The van der Waals surface area contributed by atoms with E-state index in [1.165, 1.54) is 11.3 Å². The van der Waals surface area contributed by atoms with E-state index in [9.17, 15) is 0 Å². The minimum atomic E-state index is -0.188. The number of hydrogen-bond donors (Lipinski definition) is 1. The Labute approximate surface area is 128 Å². The van der Waals surface area contributed by atoms with Crippen molar-refractivity contribution in [3.05, 3.63) is 29.3 Å². The van der Waals surface area contributed by atoms with Gasteiger partial charge in [0.2, 0.25) is 0 Å². The van der Waals surface area contributed by atoms with E-state index in [1.54, 1.807) is 0 Å². The van der Waals surface area contributed by atoms with Gasteiger partial charge in [0.05, 0.1) is 18.8 Å². The van der Waals surface area contributed by atoms with Crippen LogP contribution in [0, 0.1) is 11.8 Å². The minimum absolute atomic E-state index is 0.188. The first kappa shape index (κ1) is 15.9. The molecule has 1 aromatic rings. The monoisotopic (exact) mass is 286 g/mol. The molecule has 1 N–H and O–H groups in total. The van der Waals surface area contributed by atoms with Crippen LogP contribution < -0.4 is 10.2 Å². The van der Waals surface area contributed by atoms with Gasteiger partial charge in [0, 0.05) is 29.4 Å². The van der Waals surface area contributed by atoms with Gasteiger partial charge in [0.15, 0.2) is 0 Å². The second kappa shape index (κ2) is 6.51. The van der Waals surface area contributed by atoms with Crippen LogP contribution in [0.5, 0.6) is 0 Å². The van der Waals surface area contributed by atoms with Crippen molar-refractivity contribution in [3.8, 4) is 11.8 Å². The van der Waals surface area contributed by atoms with E-state index in [4.69, 9.17) is 4.74 Å². The molecule has 2 rings (SSSR count). The van der Waals surface area contributed by atoms with Crippen LogP contribution in [-0.2, 0) is 11.3 Å². The maximum absolute atomic E-state index is 5.78. The molecule has 1 heterocycles. The van der Waals surface area contributed by atoms with Crippen molar-refractivity contribution in [3.63, 3.8) is 0 Å². The van der Waals surface area contributed by atoms with Crippen LogP contribution in [0.1, 0.15) is 38.8 Å². The van der Waals surface area contributed by atoms with E-state index < -0.39 is 0 Å². The van der Waals surface area contributed by atoms with Gasteiger partial charge in [-0.25, -0.2) is 0 Å². The summed E-state index contributed by atoms with van der Waals surface area (Å²) in [6, 6.07) is 6.82. The van der Waals surface area contributed by atoms with E-state index in [0.717, 1.165) is 18.7 Å². The molecule has 0 aromatic heterocycles. The second-order valence-electron chi connectivity index (χ2n) is 6.27. The Morgan fingerprint density at radius 3 is 2.76 bits per heavy atom. The normalized spacial score (nSPS) is 15.2. The summed E-state index contributed by atoms with van der Waals surface area (Å²) in [4.78, 5) is 2.40. The summed E-state index contributed by atoms with van der Waals surface area (Å²) in [5, 5.41) is 3.22. The fourth-order valence-electron chi connectivity index (χ4n) is 2.39. The maximum atomic E-state index is 5.78. The number of fused-ring (bicyclic) bond motifs is 1. The highest BCUT2D eigenvalue weighted by atomic mass is 16.5. The molecule has 0 saturated heterocycles. The predicted molar refractivity (Wildman–Crippen MR) is 88.6 cm³/mol. The van der Waals surface area contributed by atoms with Gasteiger partial charge < -0.3 is 15.0 Å². The number of benzene rings is 1. The number of rotatable bonds is 2. The van der Waals surface area contributed by atoms with Crippen molar-refractivity contribution in [2.75, 3.05) is 25.1 Å². The predicted octanol–water partition coefficient (Wildman–Crippen LogP) is 2.78. The number of nitrogens with zero attached hydrogens (tertiary/aromatic N) is 1. The zero-order chi connectivity index (χ0) is 15.5. The van der Waals surface area contributed by atoms with Gasteiger partial charge in [0.25, 0.3) is 0 Å². The fraction of sp³-hybridized carbons (Fsp3) is 0.556. The third-order valence-electron chi connectivity index (χ3n) is 3.94. The first-order valence-electron chi connectivity index (χ1n) is 7.63. The Morgan fingerprint density at radius 1 is 1.33 bits per heavy atom. The molecule has 0 saturated carbocycles. The molecule has 0 radical (unpaired) electrons. The van der Waals surface area contributed by atoms with E-state index >= 15 is 0 Å². The molecular weight excluding hydrogens is 260 g/mol. The Bertz CT molecular complexity index is 552. The highest BCUT2D eigenvalue weighted by molar-refractivity contribution is 5.61. The van der Waals surface area contributed by atoms with Crippen LogP contribution in [0.4, 0.5) is 5.69 Å².